The van der Waals surface area contributed by atoms with E-state index in [1.54, 1.807) is 38.1 Å². The Balaban J connectivity index is 1.99. The van der Waals surface area contributed by atoms with Crippen molar-refractivity contribution in [2.75, 3.05) is 17.7 Å². The van der Waals surface area contributed by atoms with Gasteiger partial charge in [-0.1, -0.05) is 24.3 Å². The Hall–Kier alpha value is -2.87. The van der Waals surface area contributed by atoms with E-state index in [-0.39, 0.29) is 11.9 Å². The fraction of sp³-hybridized carbons (Fsp3) is 0.333. The maximum absolute atomic E-state index is 12.4. The predicted molar refractivity (Wildman–Crippen MR) is 111 cm³/mol. The Bertz CT molecular complexity index is 951. The molecular weight excluding hydrogens is 394 g/mol. The Morgan fingerprint density at radius 1 is 1.03 bits per heavy atom. The summed E-state index contributed by atoms with van der Waals surface area (Å²) in [6.07, 6.45) is -0.242. The molecule has 0 aliphatic carbocycles. The quantitative estimate of drug-likeness (QED) is 0.627. The average Bonchev–Trinajstić information content (AvgIpc) is 2.62. The second-order valence-corrected chi connectivity index (χ2v) is 8.73. The molecule has 7 nitrogen and oxygen atoms in total. The van der Waals surface area contributed by atoms with Crippen molar-refractivity contribution in [3.05, 3.63) is 59.7 Å². The Morgan fingerprint density at radius 2 is 1.69 bits per heavy atom. The summed E-state index contributed by atoms with van der Waals surface area (Å²) in [5.41, 5.74) is 1.24. The summed E-state index contributed by atoms with van der Waals surface area (Å²) in [5.74, 6) is -1.61. The first-order chi connectivity index (χ1) is 13.7. The lowest BCUT2D eigenvalue weighted by Crippen LogP contribution is -2.24. The van der Waals surface area contributed by atoms with Crippen molar-refractivity contribution in [3.8, 4) is 5.75 Å². The third-order valence-electron chi connectivity index (χ3n) is 3.73. The van der Waals surface area contributed by atoms with Crippen molar-refractivity contribution >= 4 is 27.4 Å². The number of anilines is 1. The number of para-hydroxylation sites is 2. The Labute approximate surface area is 170 Å². The molecule has 2 rings (SSSR count). The molecule has 0 aromatic heterocycles. The molecule has 0 bridgehead atoms. The molecule has 2 aromatic rings. The number of carbonyl (C=O) groups is 2. The van der Waals surface area contributed by atoms with Gasteiger partial charge in [-0.3, -0.25) is 4.79 Å². The maximum Gasteiger partial charge on any atom is 0.338 e. The number of sulfone groups is 1. The van der Waals surface area contributed by atoms with Gasteiger partial charge in [-0.05, 0) is 50.6 Å². The molecule has 8 heteroatoms. The van der Waals surface area contributed by atoms with E-state index in [4.69, 9.17) is 9.47 Å². The lowest BCUT2D eigenvalue weighted by Gasteiger charge is -2.11. The Kier molecular flexibility index (Phi) is 7.78. The third-order valence-corrected chi connectivity index (χ3v) is 5.21. The van der Waals surface area contributed by atoms with Crippen molar-refractivity contribution in [1.82, 2.24) is 0 Å². The largest absolute Gasteiger partial charge is 0.492 e. The van der Waals surface area contributed by atoms with Crippen LogP contribution < -0.4 is 10.1 Å². The van der Waals surface area contributed by atoms with Crippen LogP contribution in [0.5, 0.6) is 5.75 Å². The van der Waals surface area contributed by atoms with E-state index >= 15 is 0 Å². The molecule has 0 unspecified atom stereocenters. The summed E-state index contributed by atoms with van der Waals surface area (Å²) in [5, 5.41) is 2.58. The van der Waals surface area contributed by atoms with Gasteiger partial charge in [0.25, 0.3) is 0 Å². The van der Waals surface area contributed by atoms with Gasteiger partial charge in [0.2, 0.25) is 5.91 Å². The zero-order valence-electron chi connectivity index (χ0n) is 16.7. The van der Waals surface area contributed by atoms with E-state index in [9.17, 15) is 18.0 Å². The summed E-state index contributed by atoms with van der Waals surface area (Å²) in [7, 11) is -3.70. The van der Waals surface area contributed by atoms with Crippen molar-refractivity contribution < 1.29 is 27.5 Å². The van der Waals surface area contributed by atoms with E-state index in [1.807, 2.05) is 6.92 Å². The lowest BCUT2D eigenvalue weighted by molar-refractivity contribution is -0.113. The van der Waals surface area contributed by atoms with E-state index in [2.05, 4.69) is 5.32 Å². The van der Waals surface area contributed by atoms with Gasteiger partial charge in [-0.15, -0.1) is 0 Å². The molecule has 0 fully saturated rings. The first-order valence-corrected chi connectivity index (χ1v) is 11.0. The number of hydrogen-bond donors (Lipinski definition) is 1. The summed E-state index contributed by atoms with van der Waals surface area (Å²) in [6.45, 7) is 5.73. The van der Waals surface area contributed by atoms with Crippen molar-refractivity contribution in [1.29, 1.82) is 0 Å². The number of esters is 1. The molecule has 156 valence electrons. The smallest absolute Gasteiger partial charge is 0.338 e. The first kappa shape index (κ1) is 22.4. The maximum atomic E-state index is 12.4. The normalized spacial score (nSPS) is 11.2. The van der Waals surface area contributed by atoms with Crippen LogP contribution in [0.1, 0.15) is 36.7 Å². The van der Waals surface area contributed by atoms with Gasteiger partial charge in [-0.25, -0.2) is 13.2 Å². The van der Waals surface area contributed by atoms with E-state index in [0.717, 1.165) is 0 Å². The number of hydrogen-bond acceptors (Lipinski definition) is 6. The highest BCUT2D eigenvalue weighted by Gasteiger charge is 2.19. The second kappa shape index (κ2) is 10.1. The number of carbonyl (C=O) groups excluding carboxylic acids is 2. The van der Waals surface area contributed by atoms with Gasteiger partial charge in [-0.2, -0.15) is 0 Å². The summed E-state index contributed by atoms with van der Waals surface area (Å²) < 4.78 is 35.3. The molecule has 2 aromatic carbocycles. The highest BCUT2D eigenvalue weighted by atomic mass is 32.2. The van der Waals surface area contributed by atoms with Crippen LogP contribution in [0, 0.1) is 0 Å². The number of benzene rings is 2. The topological polar surface area (TPSA) is 98.8 Å². The van der Waals surface area contributed by atoms with Gasteiger partial charge < -0.3 is 14.8 Å². The lowest BCUT2D eigenvalue weighted by atomic mass is 10.1. The molecule has 0 saturated carbocycles. The predicted octanol–water partition coefficient (Wildman–Crippen LogP) is 3.20. The average molecular weight is 419 g/mol. The number of amides is 1. The molecule has 1 amide bonds. The minimum absolute atomic E-state index is 0.242. The van der Waals surface area contributed by atoms with Crippen molar-refractivity contribution in [3.63, 3.8) is 0 Å². The SMILES string of the molecule is CCOc1ccccc1NC(=O)CS(=O)(=O)Cc1ccc(C(=O)OC(C)C)cc1. The molecule has 0 spiro atoms. The summed E-state index contributed by atoms with van der Waals surface area (Å²) >= 11 is 0. The van der Waals surface area contributed by atoms with Crippen LogP contribution in [0.4, 0.5) is 5.69 Å². The van der Waals surface area contributed by atoms with Crippen LogP contribution in [0.15, 0.2) is 48.5 Å². The molecular formula is C21H25NO6S. The van der Waals surface area contributed by atoms with Crippen LogP contribution in [-0.4, -0.2) is 38.8 Å². The fourth-order valence-corrected chi connectivity index (χ4v) is 3.84. The van der Waals surface area contributed by atoms with Crippen LogP contribution in [0.2, 0.25) is 0 Å². The van der Waals surface area contributed by atoms with Crippen molar-refractivity contribution in [2.24, 2.45) is 0 Å². The van der Waals surface area contributed by atoms with E-state index < -0.39 is 27.5 Å². The monoisotopic (exact) mass is 419 g/mol. The number of ether oxygens (including phenoxy) is 2. The van der Waals surface area contributed by atoms with Crippen LogP contribution in [0.3, 0.4) is 0 Å². The van der Waals surface area contributed by atoms with Gasteiger partial charge in [0, 0.05) is 0 Å². The summed E-state index contributed by atoms with van der Waals surface area (Å²) in [6, 6.07) is 12.9. The molecule has 0 heterocycles. The molecule has 0 radical (unpaired) electrons. The molecule has 0 saturated heterocycles. The fourth-order valence-electron chi connectivity index (χ4n) is 2.56. The van der Waals surface area contributed by atoms with Gasteiger partial charge >= 0.3 is 5.97 Å². The molecule has 0 aliphatic heterocycles. The van der Waals surface area contributed by atoms with Gasteiger partial charge in [0.1, 0.15) is 11.5 Å². The molecule has 1 N–H and O–H groups in total. The van der Waals surface area contributed by atoms with Gasteiger partial charge in [0.05, 0.1) is 29.7 Å². The zero-order valence-corrected chi connectivity index (χ0v) is 17.5. The van der Waals surface area contributed by atoms with Crippen molar-refractivity contribution in [2.45, 2.75) is 32.6 Å². The van der Waals surface area contributed by atoms with Crippen LogP contribution >= 0.6 is 0 Å². The van der Waals surface area contributed by atoms with Crippen LogP contribution in [0.25, 0.3) is 0 Å². The summed E-state index contributed by atoms with van der Waals surface area (Å²) in [4.78, 5) is 24.1. The van der Waals surface area contributed by atoms with Crippen LogP contribution in [-0.2, 0) is 25.1 Å². The zero-order chi connectivity index (χ0) is 21.4. The standard InChI is InChI=1S/C21H25NO6S/c1-4-27-19-8-6-5-7-18(19)22-20(23)14-29(25,26)13-16-9-11-17(12-10-16)21(24)28-15(2)3/h5-12,15H,4,13-14H2,1-3H3,(H,22,23). The number of rotatable bonds is 9. The first-order valence-electron chi connectivity index (χ1n) is 9.22. The highest BCUT2D eigenvalue weighted by Crippen LogP contribution is 2.23. The van der Waals surface area contributed by atoms with Gasteiger partial charge in [0.15, 0.2) is 9.84 Å². The molecule has 0 aliphatic rings. The highest BCUT2D eigenvalue weighted by molar-refractivity contribution is 7.91. The minimum atomic E-state index is -3.70. The third kappa shape index (κ3) is 7.23. The van der Waals surface area contributed by atoms with E-state index in [0.29, 0.717) is 29.2 Å². The molecule has 0 atom stereocenters. The molecule has 29 heavy (non-hydrogen) atoms. The van der Waals surface area contributed by atoms with E-state index in [1.165, 1.54) is 24.3 Å². The minimum Gasteiger partial charge on any atom is -0.492 e. The number of nitrogens with one attached hydrogen (secondary N) is 1. The second-order valence-electron chi connectivity index (χ2n) is 6.66. The Morgan fingerprint density at radius 3 is 2.31 bits per heavy atom.